The van der Waals surface area contributed by atoms with Crippen LogP contribution in [0.3, 0.4) is 0 Å². The van der Waals surface area contributed by atoms with E-state index in [2.05, 4.69) is 15.5 Å². The van der Waals surface area contributed by atoms with E-state index < -0.39 is 12.5 Å². The van der Waals surface area contributed by atoms with Crippen molar-refractivity contribution in [3.8, 4) is 0 Å². The Hall–Kier alpha value is -0.790. The summed E-state index contributed by atoms with van der Waals surface area (Å²) in [5.41, 5.74) is 0. The maximum absolute atomic E-state index is 12.3. The molecular formula is C13H25F2N3O2. The minimum atomic E-state index is -2.37. The molecule has 0 bridgehead atoms. The summed E-state index contributed by atoms with van der Waals surface area (Å²) in [6.45, 7) is 5.45. The maximum Gasteiger partial charge on any atom is 0.250 e. The lowest BCUT2D eigenvalue weighted by molar-refractivity contribution is -0.119. The van der Waals surface area contributed by atoms with Crippen LogP contribution in [0.5, 0.6) is 0 Å². The molecule has 1 aliphatic heterocycles. The van der Waals surface area contributed by atoms with E-state index in [4.69, 9.17) is 0 Å². The molecule has 1 heterocycles. The van der Waals surface area contributed by atoms with Crippen molar-refractivity contribution in [2.75, 3.05) is 32.7 Å². The number of piperidine rings is 1. The van der Waals surface area contributed by atoms with E-state index in [9.17, 15) is 18.7 Å². The van der Waals surface area contributed by atoms with Gasteiger partial charge in [-0.3, -0.25) is 9.69 Å². The highest BCUT2D eigenvalue weighted by Crippen LogP contribution is 2.20. The van der Waals surface area contributed by atoms with Gasteiger partial charge in [0.05, 0.1) is 12.6 Å². The van der Waals surface area contributed by atoms with Crippen molar-refractivity contribution in [3.05, 3.63) is 0 Å². The Morgan fingerprint density at radius 1 is 1.45 bits per heavy atom. The molecule has 0 aromatic carbocycles. The zero-order valence-corrected chi connectivity index (χ0v) is 12.1. The summed E-state index contributed by atoms with van der Waals surface area (Å²) < 4.78 is 24.5. The topological polar surface area (TPSA) is 64.6 Å². The molecule has 1 aliphatic rings. The van der Waals surface area contributed by atoms with Gasteiger partial charge in [-0.05, 0) is 19.3 Å². The van der Waals surface area contributed by atoms with E-state index >= 15 is 0 Å². The van der Waals surface area contributed by atoms with Gasteiger partial charge in [0, 0.05) is 39.1 Å². The normalized spacial score (nSPS) is 25.7. The van der Waals surface area contributed by atoms with Crippen LogP contribution in [0.25, 0.3) is 0 Å². The Labute approximate surface area is 118 Å². The molecule has 5 nitrogen and oxygen atoms in total. The molecule has 0 aliphatic carbocycles. The summed E-state index contributed by atoms with van der Waals surface area (Å²) in [5.74, 6) is -0.0160. The number of nitrogens with one attached hydrogen (secondary N) is 2. The molecule has 0 spiro atoms. The number of nitrogens with zero attached hydrogens (tertiary/aromatic N) is 1. The SMILES string of the molecule is CC(=O)NCCN1CC(NCC(F)F)CC(C(C)O)C1. The average Bonchev–Trinajstić information content (AvgIpc) is 2.35. The van der Waals surface area contributed by atoms with Crippen LogP contribution >= 0.6 is 0 Å². The van der Waals surface area contributed by atoms with Gasteiger partial charge in [-0.15, -0.1) is 0 Å². The van der Waals surface area contributed by atoms with E-state index in [0.717, 1.165) is 6.54 Å². The highest BCUT2D eigenvalue weighted by molar-refractivity contribution is 5.72. The monoisotopic (exact) mass is 293 g/mol. The lowest BCUT2D eigenvalue weighted by atomic mass is 9.90. The predicted octanol–water partition coefficient (Wildman–Crippen LogP) is 0.0485. The molecule has 0 aromatic heterocycles. The quantitative estimate of drug-likeness (QED) is 0.620. The molecule has 118 valence electrons. The number of rotatable bonds is 7. The zero-order chi connectivity index (χ0) is 15.1. The molecule has 0 radical (unpaired) electrons. The fourth-order valence-electron chi connectivity index (χ4n) is 2.56. The van der Waals surface area contributed by atoms with Crippen LogP contribution in [0.4, 0.5) is 8.78 Å². The van der Waals surface area contributed by atoms with Crippen molar-refractivity contribution >= 4 is 5.91 Å². The molecule has 1 saturated heterocycles. The number of likely N-dealkylation sites (tertiary alicyclic amines) is 1. The van der Waals surface area contributed by atoms with Gasteiger partial charge in [-0.1, -0.05) is 0 Å². The van der Waals surface area contributed by atoms with E-state index in [-0.39, 0.29) is 24.4 Å². The molecule has 3 atom stereocenters. The first-order valence-electron chi connectivity index (χ1n) is 7.05. The Bertz CT molecular complexity index is 303. The van der Waals surface area contributed by atoms with Crippen LogP contribution in [0.15, 0.2) is 0 Å². The Morgan fingerprint density at radius 3 is 2.70 bits per heavy atom. The second kappa shape index (κ2) is 8.49. The number of halogens is 2. The van der Waals surface area contributed by atoms with Gasteiger partial charge in [0.2, 0.25) is 5.91 Å². The molecule has 20 heavy (non-hydrogen) atoms. The molecule has 1 fully saturated rings. The van der Waals surface area contributed by atoms with Crippen molar-refractivity contribution in [3.63, 3.8) is 0 Å². The largest absolute Gasteiger partial charge is 0.393 e. The maximum atomic E-state index is 12.3. The highest BCUT2D eigenvalue weighted by Gasteiger charge is 2.29. The molecule has 7 heteroatoms. The van der Waals surface area contributed by atoms with Crippen molar-refractivity contribution in [2.45, 2.75) is 38.8 Å². The first kappa shape index (κ1) is 17.3. The van der Waals surface area contributed by atoms with E-state index in [1.165, 1.54) is 6.92 Å². The number of hydrogen-bond donors (Lipinski definition) is 3. The number of amides is 1. The van der Waals surface area contributed by atoms with Gasteiger partial charge in [0.15, 0.2) is 0 Å². The predicted molar refractivity (Wildman–Crippen MR) is 72.7 cm³/mol. The van der Waals surface area contributed by atoms with Gasteiger partial charge < -0.3 is 15.7 Å². The number of carbonyl (C=O) groups is 1. The Kier molecular flexibility index (Phi) is 7.32. The second-order valence-corrected chi connectivity index (χ2v) is 5.48. The van der Waals surface area contributed by atoms with Gasteiger partial charge in [-0.2, -0.15) is 0 Å². The number of aliphatic hydroxyl groups is 1. The molecule has 0 aromatic rings. The van der Waals surface area contributed by atoms with Crippen LogP contribution < -0.4 is 10.6 Å². The first-order chi connectivity index (χ1) is 9.38. The number of alkyl halides is 2. The van der Waals surface area contributed by atoms with E-state index in [0.29, 0.717) is 26.1 Å². The van der Waals surface area contributed by atoms with E-state index in [1.54, 1.807) is 6.92 Å². The first-order valence-corrected chi connectivity index (χ1v) is 7.05. The summed E-state index contributed by atoms with van der Waals surface area (Å²) in [6, 6.07) is -0.0466. The molecule has 1 rings (SSSR count). The minimum Gasteiger partial charge on any atom is -0.393 e. The molecule has 3 N–H and O–H groups in total. The minimum absolute atomic E-state index is 0.0466. The molecule has 3 unspecified atom stereocenters. The average molecular weight is 293 g/mol. The summed E-state index contributed by atoms with van der Waals surface area (Å²) in [6.07, 6.45) is -2.13. The molecule has 0 saturated carbocycles. The number of carbonyl (C=O) groups excluding carboxylic acids is 1. The van der Waals surface area contributed by atoms with Gasteiger partial charge in [0.25, 0.3) is 6.43 Å². The summed E-state index contributed by atoms with van der Waals surface area (Å²) >= 11 is 0. The van der Waals surface area contributed by atoms with Crippen LogP contribution in [0.2, 0.25) is 0 Å². The van der Waals surface area contributed by atoms with Gasteiger partial charge in [-0.25, -0.2) is 8.78 Å². The Balaban J connectivity index is 2.45. The standard InChI is InChI=1S/C13H25F2N3O2/c1-9(19)11-5-12(17-6-13(14)15)8-18(7-11)4-3-16-10(2)20/h9,11-13,17,19H,3-8H2,1-2H3,(H,16,20). The van der Waals surface area contributed by atoms with Crippen LogP contribution in [0.1, 0.15) is 20.3 Å². The van der Waals surface area contributed by atoms with Crippen molar-refractivity contribution in [2.24, 2.45) is 5.92 Å². The molecule has 1 amide bonds. The van der Waals surface area contributed by atoms with Crippen molar-refractivity contribution in [1.29, 1.82) is 0 Å². The molecular weight excluding hydrogens is 268 g/mol. The van der Waals surface area contributed by atoms with Crippen LogP contribution in [-0.4, -0.2) is 67.2 Å². The zero-order valence-electron chi connectivity index (χ0n) is 12.1. The third-order valence-corrected chi connectivity index (χ3v) is 3.60. The van der Waals surface area contributed by atoms with Gasteiger partial charge >= 0.3 is 0 Å². The van der Waals surface area contributed by atoms with Gasteiger partial charge in [0.1, 0.15) is 0 Å². The fourth-order valence-corrected chi connectivity index (χ4v) is 2.56. The summed E-state index contributed by atoms with van der Waals surface area (Å²) in [7, 11) is 0. The second-order valence-electron chi connectivity index (χ2n) is 5.48. The lowest BCUT2D eigenvalue weighted by Gasteiger charge is -2.39. The van der Waals surface area contributed by atoms with Crippen LogP contribution in [-0.2, 0) is 4.79 Å². The number of aliphatic hydroxyl groups excluding tert-OH is 1. The smallest absolute Gasteiger partial charge is 0.250 e. The number of hydrogen-bond acceptors (Lipinski definition) is 4. The Morgan fingerprint density at radius 2 is 2.15 bits per heavy atom. The van der Waals surface area contributed by atoms with Crippen molar-refractivity contribution < 1.29 is 18.7 Å². The fraction of sp³-hybridized carbons (Fsp3) is 0.923. The lowest BCUT2D eigenvalue weighted by Crippen LogP contribution is -2.53. The highest BCUT2D eigenvalue weighted by atomic mass is 19.3. The third kappa shape index (κ3) is 6.58. The summed E-state index contributed by atoms with van der Waals surface area (Å²) in [4.78, 5) is 12.9. The van der Waals surface area contributed by atoms with Crippen molar-refractivity contribution in [1.82, 2.24) is 15.5 Å². The van der Waals surface area contributed by atoms with E-state index in [1.807, 2.05) is 0 Å². The summed E-state index contributed by atoms with van der Waals surface area (Å²) in [5, 5.41) is 15.3. The third-order valence-electron chi connectivity index (χ3n) is 3.60. The van der Waals surface area contributed by atoms with Crippen LogP contribution in [0, 0.1) is 5.92 Å².